The van der Waals surface area contributed by atoms with E-state index in [9.17, 15) is 18.0 Å². The van der Waals surface area contributed by atoms with Gasteiger partial charge in [0.2, 0.25) is 0 Å². The number of aromatic nitrogens is 1. The van der Waals surface area contributed by atoms with E-state index in [1.807, 2.05) is 0 Å². The number of rotatable bonds is 6. The van der Waals surface area contributed by atoms with Crippen LogP contribution in [-0.2, 0) is 30.6 Å². The Balaban J connectivity index is 1.77. The molecule has 0 bridgehead atoms. The van der Waals surface area contributed by atoms with E-state index in [1.54, 1.807) is 13.8 Å². The average molecular weight is 358 g/mol. The Labute approximate surface area is 140 Å². The van der Waals surface area contributed by atoms with Crippen LogP contribution in [0, 0.1) is 13.8 Å². The van der Waals surface area contributed by atoms with E-state index in [0.717, 1.165) is 11.3 Å². The molecule has 134 valence electrons. The van der Waals surface area contributed by atoms with Crippen molar-refractivity contribution in [2.45, 2.75) is 52.2 Å². The van der Waals surface area contributed by atoms with Crippen molar-refractivity contribution in [3.05, 3.63) is 17.0 Å². The zero-order valence-corrected chi connectivity index (χ0v) is 14.8. The second-order valence-electron chi connectivity index (χ2n) is 6.04. The van der Waals surface area contributed by atoms with Crippen molar-refractivity contribution in [2.24, 2.45) is 0 Å². The molecule has 1 fully saturated rings. The van der Waals surface area contributed by atoms with Gasteiger partial charge in [0.1, 0.15) is 5.76 Å². The van der Waals surface area contributed by atoms with Crippen LogP contribution < -0.4 is 5.32 Å². The smallest absolute Gasteiger partial charge is 0.306 e. The van der Waals surface area contributed by atoms with Gasteiger partial charge in [0, 0.05) is 18.0 Å². The molecule has 1 aromatic rings. The third-order valence-corrected chi connectivity index (χ3v) is 5.78. The highest BCUT2D eigenvalue weighted by molar-refractivity contribution is 7.91. The van der Waals surface area contributed by atoms with Gasteiger partial charge in [-0.2, -0.15) is 0 Å². The maximum absolute atomic E-state index is 12.0. The molecule has 0 spiro atoms. The molecule has 2 rings (SSSR count). The first-order valence-electron chi connectivity index (χ1n) is 7.80. The van der Waals surface area contributed by atoms with E-state index in [2.05, 4.69) is 10.5 Å². The van der Waals surface area contributed by atoms with Gasteiger partial charge in [-0.05, 0) is 33.6 Å². The number of ether oxygens (including phenoxy) is 1. The number of hydrogen-bond acceptors (Lipinski definition) is 7. The monoisotopic (exact) mass is 358 g/mol. The van der Waals surface area contributed by atoms with Crippen molar-refractivity contribution in [2.75, 3.05) is 11.5 Å². The number of nitrogens with zero attached hydrogens (tertiary/aromatic N) is 1. The molecule has 8 nitrogen and oxygen atoms in total. The molecule has 0 radical (unpaired) electrons. The highest BCUT2D eigenvalue weighted by atomic mass is 32.2. The SMILES string of the molecule is Cc1noc(C)c1CCC(=O)O[C@H](C)C(=O)N[C@H]1CCS(=O)(=O)C1. The van der Waals surface area contributed by atoms with E-state index in [4.69, 9.17) is 9.26 Å². The second-order valence-corrected chi connectivity index (χ2v) is 8.27. The first-order valence-corrected chi connectivity index (χ1v) is 9.62. The Bertz CT molecular complexity index is 705. The summed E-state index contributed by atoms with van der Waals surface area (Å²) in [6.07, 6.45) is -0.0422. The van der Waals surface area contributed by atoms with E-state index in [-0.39, 0.29) is 17.9 Å². The number of amides is 1. The zero-order chi connectivity index (χ0) is 17.9. The van der Waals surface area contributed by atoms with Gasteiger partial charge in [0.15, 0.2) is 15.9 Å². The molecule has 0 aromatic carbocycles. The summed E-state index contributed by atoms with van der Waals surface area (Å²) < 4.78 is 32.9. The minimum atomic E-state index is -3.07. The van der Waals surface area contributed by atoms with E-state index in [0.29, 0.717) is 18.6 Å². The Hall–Kier alpha value is -1.90. The minimum absolute atomic E-state index is 0.0640. The van der Waals surface area contributed by atoms with Gasteiger partial charge in [0.05, 0.1) is 17.2 Å². The van der Waals surface area contributed by atoms with Crippen LogP contribution in [0.2, 0.25) is 0 Å². The molecule has 1 aromatic heterocycles. The summed E-state index contributed by atoms with van der Waals surface area (Å²) in [5.74, 6) is -0.317. The molecule has 0 aliphatic carbocycles. The summed E-state index contributed by atoms with van der Waals surface area (Å²) in [5, 5.41) is 6.42. The minimum Gasteiger partial charge on any atom is -0.453 e. The van der Waals surface area contributed by atoms with Gasteiger partial charge in [-0.15, -0.1) is 0 Å². The Kier molecular flexibility index (Phi) is 5.63. The van der Waals surface area contributed by atoms with Crippen LogP contribution in [-0.4, -0.2) is 49.1 Å². The molecular weight excluding hydrogens is 336 g/mol. The predicted octanol–water partition coefficient (Wildman–Crippen LogP) is 0.459. The molecule has 2 atom stereocenters. The fourth-order valence-electron chi connectivity index (χ4n) is 2.62. The molecule has 2 heterocycles. The van der Waals surface area contributed by atoms with Crippen LogP contribution >= 0.6 is 0 Å². The van der Waals surface area contributed by atoms with Gasteiger partial charge in [-0.3, -0.25) is 9.59 Å². The van der Waals surface area contributed by atoms with Gasteiger partial charge in [0.25, 0.3) is 5.91 Å². The third-order valence-electron chi connectivity index (χ3n) is 4.02. The first-order chi connectivity index (χ1) is 11.2. The molecule has 0 saturated carbocycles. The number of esters is 1. The number of nitrogens with one attached hydrogen (secondary N) is 1. The summed E-state index contributed by atoms with van der Waals surface area (Å²) in [7, 11) is -3.07. The highest BCUT2D eigenvalue weighted by Gasteiger charge is 2.30. The third kappa shape index (κ3) is 4.80. The summed E-state index contributed by atoms with van der Waals surface area (Å²) in [4.78, 5) is 23.8. The largest absolute Gasteiger partial charge is 0.453 e. The van der Waals surface area contributed by atoms with Gasteiger partial charge < -0.3 is 14.6 Å². The quantitative estimate of drug-likeness (QED) is 0.734. The van der Waals surface area contributed by atoms with E-state index < -0.39 is 33.9 Å². The van der Waals surface area contributed by atoms with Crippen LogP contribution in [0.1, 0.15) is 36.8 Å². The fraction of sp³-hybridized carbons (Fsp3) is 0.667. The number of carbonyl (C=O) groups excluding carboxylic acids is 2. The molecule has 1 aliphatic rings. The van der Waals surface area contributed by atoms with Gasteiger partial charge >= 0.3 is 5.97 Å². The molecule has 1 saturated heterocycles. The van der Waals surface area contributed by atoms with Crippen molar-refractivity contribution in [3.63, 3.8) is 0 Å². The molecule has 0 unspecified atom stereocenters. The van der Waals surface area contributed by atoms with Crippen molar-refractivity contribution in [1.82, 2.24) is 10.5 Å². The number of aryl methyl sites for hydroxylation is 2. The standard InChI is InChI=1S/C15H22N2O6S/c1-9-13(10(2)23-17-9)4-5-14(18)22-11(3)15(19)16-12-6-7-24(20,21)8-12/h11-12H,4-8H2,1-3H3,(H,16,19)/t11-,12+/m1/s1. The maximum atomic E-state index is 12.0. The summed E-state index contributed by atoms with van der Waals surface area (Å²) in [6, 6.07) is -0.411. The molecular formula is C15H22N2O6S. The van der Waals surface area contributed by atoms with Crippen molar-refractivity contribution >= 4 is 21.7 Å². The Morgan fingerprint density at radius 1 is 1.42 bits per heavy atom. The van der Waals surface area contributed by atoms with Crippen molar-refractivity contribution in [3.8, 4) is 0 Å². The van der Waals surface area contributed by atoms with Crippen LogP contribution in [0.5, 0.6) is 0 Å². The van der Waals surface area contributed by atoms with Crippen molar-refractivity contribution in [1.29, 1.82) is 0 Å². The predicted molar refractivity (Wildman–Crippen MR) is 85.1 cm³/mol. The lowest BCUT2D eigenvalue weighted by Gasteiger charge is -2.16. The number of hydrogen-bond donors (Lipinski definition) is 1. The summed E-state index contributed by atoms with van der Waals surface area (Å²) in [5.41, 5.74) is 1.59. The summed E-state index contributed by atoms with van der Waals surface area (Å²) in [6.45, 7) is 5.03. The number of sulfone groups is 1. The van der Waals surface area contributed by atoms with E-state index >= 15 is 0 Å². The molecule has 1 N–H and O–H groups in total. The van der Waals surface area contributed by atoms with Crippen LogP contribution in [0.25, 0.3) is 0 Å². The fourth-order valence-corrected chi connectivity index (χ4v) is 4.30. The maximum Gasteiger partial charge on any atom is 0.306 e. The normalized spacial score (nSPS) is 20.5. The van der Waals surface area contributed by atoms with Crippen LogP contribution in [0.15, 0.2) is 4.52 Å². The van der Waals surface area contributed by atoms with Crippen LogP contribution in [0.4, 0.5) is 0 Å². The molecule has 1 aliphatic heterocycles. The van der Waals surface area contributed by atoms with Gasteiger partial charge in [-0.25, -0.2) is 8.42 Å². The second kappa shape index (κ2) is 7.33. The lowest BCUT2D eigenvalue weighted by atomic mass is 10.1. The Morgan fingerprint density at radius 2 is 2.12 bits per heavy atom. The van der Waals surface area contributed by atoms with E-state index in [1.165, 1.54) is 6.92 Å². The lowest BCUT2D eigenvalue weighted by Crippen LogP contribution is -2.42. The first kappa shape index (κ1) is 18.4. The average Bonchev–Trinajstić information content (AvgIpc) is 2.99. The topological polar surface area (TPSA) is 116 Å². The lowest BCUT2D eigenvalue weighted by molar-refractivity contribution is -0.155. The molecule has 24 heavy (non-hydrogen) atoms. The highest BCUT2D eigenvalue weighted by Crippen LogP contribution is 2.15. The van der Waals surface area contributed by atoms with Gasteiger partial charge in [-0.1, -0.05) is 5.16 Å². The zero-order valence-electron chi connectivity index (χ0n) is 14.0. The number of carbonyl (C=O) groups is 2. The molecule has 9 heteroatoms. The summed E-state index contributed by atoms with van der Waals surface area (Å²) >= 11 is 0. The van der Waals surface area contributed by atoms with Crippen LogP contribution in [0.3, 0.4) is 0 Å². The Morgan fingerprint density at radius 3 is 2.67 bits per heavy atom. The van der Waals surface area contributed by atoms with Crippen molar-refractivity contribution < 1.29 is 27.3 Å². The molecule has 1 amide bonds.